The summed E-state index contributed by atoms with van der Waals surface area (Å²) in [6, 6.07) is -1.09. The number of ether oxygens (including phenoxy) is 1. The molecule has 0 aromatic carbocycles. The lowest BCUT2D eigenvalue weighted by atomic mass is 10.1. The molecule has 0 saturated carbocycles. The molecule has 1 saturated heterocycles. The summed E-state index contributed by atoms with van der Waals surface area (Å²) in [5.41, 5.74) is 17.7. The Morgan fingerprint density at radius 2 is 2.14 bits per heavy atom. The van der Waals surface area contributed by atoms with Crippen LogP contribution >= 0.6 is 0 Å². The number of nitrogen functional groups attached to an aromatic ring is 1. The molecule has 0 amide bonds. The Balaban J connectivity index is 2.12. The molecule has 10 heteroatoms. The van der Waals surface area contributed by atoms with Gasteiger partial charge in [0, 0.05) is 7.05 Å². The van der Waals surface area contributed by atoms with E-state index in [1.165, 1.54) is 22.5 Å². The minimum absolute atomic E-state index is 0.0591. The van der Waals surface area contributed by atoms with Gasteiger partial charge in [-0.3, -0.25) is 13.9 Å². The average Bonchev–Trinajstić information content (AvgIpc) is 2.99. The van der Waals surface area contributed by atoms with E-state index in [-0.39, 0.29) is 29.3 Å². The van der Waals surface area contributed by atoms with E-state index in [4.69, 9.17) is 21.9 Å². The number of aliphatic hydroxyl groups is 1. The summed E-state index contributed by atoms with van der Waals surface area (Å²) < 4.78 is 8.36. The van der Waals surface area contributed by atoms with Gasteiger partial charge in [0.05, 0.1) is 31.1 Å². The topological polar surface area (TPSA) is 160 Å². The second-order valence-corrected chi connectivity index (χ2v) is 5.06. The first kappa shape index (κ1) is 13.9. The van der Waals surface area contributed by atoms with E-state index < -0.39 is 24.4 Å². The zero-order valence-corrected chi connectivity index (χ0v) is 11.4. The van der Waals surface area contributed by atoms with Gasteiger partial charge in [0.25, 0.3) is 5.56 Å². The van der Waals surface area contributed by atoms with Crippen LogP contribution in [0.3, 0.4) is 0 Å². The SMILES string of the molecule is Cn1c(N)nc2c(ncn2[C@@H]2O[C@H](CO)[C@H](N)[C@@H]2N)c1=O. The maximum absolute atomic E-state index is 12.1. The van der Waals surface area contributed by atoms with Crippen molar-refractivity contribution < 1.29 is 9.84 Å². The molecule has 2 aromatic heterocycles. The number of rotatable bonds is 2. The predicted octanol–water partition coefficient (Wildman–Crippen LogP) is -2.74. The first-order chi connectivity index (χ1) is 9.95. The Labute approximate surface area is 119 Å². The summed E-state index contributed by atoms with van der Waals surface area (Å²) in [6.07, 6.45) is 0.169. The zero-order valence-electron chi connectivity index (χ0n) is 11.4. The van der Waals surface area contributed by atoms with Gasteiger partial charge in [-0.25, -0.2) is 4.98 Å². The number of aromatic nitrogens is 4. The minimum Gasteiger partial charge on any atom is -0.394 e. The van der Waals surface area contributed by atoms with Crippen LogP contribution in [0.2, 0.25) is 0 Å². The van der Waals surface area contributed by atoms with Crippen molar-refractivity contribution in [1.29, 1.82) is 0 Å². The number of hydrogen-bond acceptors (Lipinski definition) is 8. The van der Waals surface area contributed by atoms with Gasteiger partial charge in [-0.1, -0.05) is 0 Å². The molecule has 3 rings (SSSR count). The van der Waals surface area contributed by atoms with Gasteiger partial charge in [0.15, 0.2) is 17.4 Å². The molecule has 4 atom stereocenters. The predicted molar refractivity (Wildman–Crippen MR) is 74.1 cm³/mol. The van der Waals surface area contributed by atoms with Crippen molar-refractivity contribution in [2.45, 2.75) is 24.4 Å². The van der Waals surface area contributed by atoms with E-state index in [2.05, 4.69) is 9.97 Å². The monoisotopic (exact) mass is 295 g/mol. The fourth-order valence-corrected chi connectivity index (χ4v) is 2.46. The second kappa shape index (κ2) is 4.77. The summed E-state index contributed by atoms with van der Waals surface area (Å²) in [4.78, 5) is 20.3. The maximum Gasteiger partial charge on any atom is 0.282 e. The van der Waals surface area contributed by atoms with Gasteiger partial charge < -0.3 is 27.0 Å². The van der Waals surface area contributed by atoms with Gasteiger partial charge in [-0.2, -0.15) is 4.98 Å². The smallest absolute Gasteiger partial charge is 0.282 e. The zero-order chi connectivity index (χ0) is 15.3. The van der Waals surface area contributed by atoms with Gasteiger partial charge in [0.1, 0.15) is 0 Å². The average molecular weight is 295 g/mol. The fraction of sp³-hybridized carbons (Fsp3) is 0.545. The highest BCUT2D eigenvalue weighted by atomic mass is 16.5. The quantitative estimate of drug-likeness (QED) is 0.464. The Hall–Kier alpha value is -2.01. The third-order valence-corrected chi connectivity index (χ3v) is 3.81. The summed E-state index contributed by atoms with van der Waals surface area (Å²) in [5.74, 6) is 0.0591. The van der Waals surface area contributed by atoms with Crippen molar-refractivity contribution in [3.05, 3.63) is 16.7 Å². The number of nitrogens with two attached hydrogens (primary N) is 3. The molecule has 7 N–H and O–H groups in total. The van der Waals surface area contributed by atoms with Crippen molar-refractivity contribution in [2.24, 2.45) is 18.5 Å². The number of nitrogens with zero attached hydrogens (tertiary/aromatic N) is 4. The number of anilines is 1. The lowest BCUT2D eigenvalue weighted by molar-refractivity contribution is -0.0261. The van der Waals surface area contributed by atoms with Gasteiger partial charge in [0.2, 0.25) is 5.95 Å². The third-order valence-electron chi connectivity index (χ3n) is 3.81. The van der Waals surface area contributed by atoms with Crippen LogP contribution in [-0.2, 0) is 11.8 Å². The molecule has 0 radical (unpaired) electrons. The molecule has 3 heterocycles. The Morgan fingerprint density at radius 3 is 2.76 bits per heavy atom. The van der Waals surface area contributed by atoms with Crippen LogP contribution < -0.4 is 22.8 Å². The largest absolute Gasteiger partial charge is 0.394 e. The van der Waals surface area contributed by atoms with Crippen LogP contribution in [0.1, 0.15) is 6.23 Å². The number of fused-ring (bicyclic) bond motifs is 1. The normalized spacial score (nSPS) is 29.3. The van der Waals surface area contributed by atoms with E-state index in [0.717, 1.165) is 0 Å². The van der Waals surface area contributed by atoms with E-state index in [9.17, 15) is 9.90 Å². The van der Waals surface area contributed by atoms with Crippen LogP contribution in [0, 0.1) is 0 Å². The number of hydrogen-bond donors (Lipinski definition) is 4. The molecular weight excluding hydrogens is 278 g/mol. The van der Waals surface area contributed by atoms with Crippen molar-refractivity contribution in [2.75, 3.05) is 12.3 Å². The highest BCUT2D eigenvalue weighted by Crippen LogP contribution is 2.28. The first-order valence-corrected chi connectivity index (χ1v) is 6.42. The van der Waals surface area contributed by atoms with Crippen LogP contribution in [0.5, 0.6) is 0 Å². The molecule has 0 unspecified atom stereocenters. The van der Waals surface area contributed by atoms with Crippen molar-refractivity contribution in [1.82, 2.24) is 19.1 Å². The van der Waals surface area contributed by atoms with E-state index in [1.807, 2.05) is 0 Å². The van der Waals surface area contributed by atoms with Gasteiger partial charge >= 0.3 is 0 Å². The lowest BCUT2D eigenvalue weighted by Crippen LogP contribution is -2.46. The van der Waals surface area contributed by atoms with E-state index in [1.54, 1.807) is 0 Å². The summed E-state index contributed by atoms with van der Waals surface area (Å²) in [7, 11) is 1.51. The lowest BCUT2D eigenvalue weighted by Gasteiger charge is -2.17. The molecule has 10 nitrogen and oxygen atoms in total. The van der Waals surface area contributed by atoms with Crippen molar-refractivity contribution in [3.8, 4) is 0 Å². The van der Waals surface area contributed by atoms with Crippen molar-refractivity contribution >= 4 is 17.1 Å². The molecular formula is C11H17N7O3. The molecule has 21 heavy (non-hydrogen) atoms. The molecule has 0 aliphatic carbocycles. The fourth-order valence-electron chi connectivity index (χ4n) is 2.46. The molecule has 1 fully saturated rings. The second-order valence-electron chi connectivity index (χ2n) is 5.06. The summed E-state index contributed by atoms with van der Waals surface area (Å²) in [6.45, 7) is -0.241. The van der Waals surface area contributed by atoms with Crippen LogP contribution in [0.15, 0.2) is 11.1 Å². The number of imidazole rings is 1. The van der Waals surface area contributed by atoms with Gasteiger partial charge in [-0.05, 0) is 0 Å². The first-order valence-electron chi connectivity index (χ1n) is 6.42. The van der Waals surface area contributed by atoms with Crippen LogP contribution in [-0.4, -0.2) is 49.0 Å². The minimum atomic E-state index is -0.666. The number of aliphatic hydroxyl groups excluding tert-OH is 1. The Kier molecular flexibility index (Phi) is 3.17. The van der Waals surface area contributed by atoms with E-state index in [0.29, 0.717) is 0 Å². The highest BCUT2D eigenvalue weighted by Gasteiger charge is 2.41. The molecule has 1 aliphatic rings. The van der Waals surface area contributed by atoms with Crippen LogP contribution in [0.25, 0.3) is 11.2 Å². The summed E-state index contributed by atoms with van der Waals surface area (Å²) in [5, 5.41) is 9.23. The van der Waals surface area contributed by atoms with Crippen LogP contribution in [0.4, 0.5) is 5.95 Å². The Morgan fingerprint density at radius 1 is 1.43 bits per heavy atom. The third kappa shape index (κ3) is 1.92. The highest BCUT2D eigenvalue weighted by molar-refractivity contribution is 5.71. The standard InChI is InChI=1S/C11H17N7O3/c1-17-9(20)7-8(16-11(17)14)18(3-15-7)10-6(13)5(12)4(2-19)21-10/h3-6,10,19H,2,12-13H2,1H3,(H2,14,16)/t4-,5+,6+,10-/m1/s1. The Bertz CT molecular complexity index is 739. The molecule has 0 spiro atoms. The molecule has 0 bridgehead atoms. The molecule has 2 aromatic rings. The molecule has 1 aliphatic heterocycles. The van der Waals surface area contributed by atoms with E-state index >= 15 is 0 Å². The maximum atomic E-state index is 12.1. The molecule has 114 valence electrons. The summed E-state index contributed by atoms with van der Waals surface area (Å²) >= 11 is 0. The van der Waals surface area contributed by atoms with Crippen molar-refractivity contribution in [3.63, 3.8) is 0 Å². The van der Waals surface area contributed by atoms with Gasteiger partial charge in [-0.15, -0.1) is 0 Å².